The lowest BCUT2D eigenvalue weighted by Gasteiger charge is -1.97. The molecule has 17 heavy (non-hydrogen) atoms. The van der Waals surface area contributed by atoms with Crippen LogP contribution in [-0.4, -0.2) is 19.5 Å². The molecule has 0 aliphatic rings. The number of hydrogen-bond acceptors (Lipinski definition) is 2. The minimum absolute atomic E-state index is 0.825. The maximum atomic E-state index is 4.57. The van der Waals surface area contributed by atoms with E-state index in [-0.39, 0.29) is 0 Å². The van der Waals surface area contributed by atoms with Gasteiger partial charge in [-0.25, -0.2) is 9.97 Å². The zero-order valence-corrected chi connectivity index (χ0v) is 10.2. The van der Waals surface area contributed by atoms with Gasteiger partial charge in [0.05, 0.1) is 17.4 Å². The first-order valence-electron chi connectivity index (χ1n) is 5.59. The average molecular weight is 226 g/mol. The van der Waals surface area contributed by atoms with Crippen molar-refractivity contribution in [3.63, 3.8) is 0 Å². The highest BCUT2D eigenvalue weighted by Gasteiger charge is 2.08. The molecule has 0 spiro atoms. The monoisotopic (exact) mass is 226 g/mol. The van der Waals surface area contributed by atoms with Crippen molar-refractivity contribution in [1.82, 2.24) is 19.5 Å². The summed E-state index contributed by atoms with van der Waals surface area (Å²) in [5.74, 6) is 0.825. The van der Waals surface area contributed by atoms with Crippen molar-refractivity contribution in [1.29, 1.82) is 0 Å². The van der Waals surface area contributed by atoms with Gasteiger partial charge in [-0.1, -0.05) is 0 Å². The van der Waals surface area contributed by atoms with Crippen molar-refractivity contribution in [3.05, 3.63) is 35.8 Å². The maximum absolute atomic E-state index is 4.57. The van der Waals surface area contributed by atoms with E-state index >= 15 is 0 Å². The van der Waals surface area contributed by atoms with Gasteiger partial charge in [-0.05, 0) is 37.1 Å². The van der Waals surface area contributed by atoms with Crippen LogP contribution in [0.4, 0.5) is 0 Å². The van der Waals surface area contributed by atoms with Gasteiger partial charge in [-0.3, -0.25) is 0 Å². The Morgan fingerprint density at radius 3 is 2.65 bits per heavy atom. The summed E-state index contributed by atoms with van der Waals surface area (Å²) in [7, 11) is 1.95. The number of aryl methyl sites for hydroxylation is 3. The first-order valence-corrected chi connectivity index (χ1v) is 5.59. The standard InChI is InChI=1S/C13H14N4/c1-8-4-10-11(5-9(8)2)16-13(15-10)12-6-17(3)7-14-12/h4-7H,1-3H3,(H,15,16). The fourth-order valence-electron chi connectivity index (χ4n) is 1.93. The van der Waals surface area contributed by atoms with Gasteiger partial charge < -0.3 is 9.55 Å². The number of hydrogen-bond donors (Lipinski definition) is 1. The molecule has 0 saturated heterocycles. The second-order valence-electron chi connectivity index (χ2n) is 4.46. The Morgan fingerprint density at radius 1 is 1.18 bits per heavy atom. The topological polar surface area (TPSA) is 46.5 Å². The molecule has 4 nitrogen and oxygen atoms in total. The second-order valence-corrected chi connectivity index (χ2v) is 4.46. The number of benzene rings is 1. The zero-order valence-electron chi connectivity index (χ0n) is 10.2. The molecule has 1 N–H and O–H groups in total. The summed E-state index contributed by atoms with van der Waals surface area (Å²) in [4.78, 5) is 12.2. The Hall–Kier alpha value is -2.10. The lowest BCUT2D eigenvalue weighted by Crippen LogP contribution is -1.80. The number of nitrogens with zero attached hydrogens (tertiary/aromatic N) is 3. The summed E-state index contributed by atoms with van der Waals surface area (Å²) in [6.07, 6.45) is 3.73. The Labute approximate surface area is 99.3 Å². The second kappa shape index (κ2) is 3.45. The molecule has 0 radical (unpaired) electrons. The fraction of sp³-hybridized carbons (Fsp3) is 0.231. The number of rotatable bonds is 1. The Balaban J connectivity index is 2.19. The normalized spacial score (nSPS) is 11.2. The van der Waals surface area contributed by atoms with Crippen molar-refractivity contribution < 1.29 is 0 Å². The fourth-order valence-corrected chi connectivity index (χ4v) is 1.93. The van der Waals surface area contributed by atoms with Crippen LogP contribution >= 0.6 is 0 Å². The van der Waals surface area contributed by atoms with Crippen molar-refractivity contribution in [2.75, 3.05) is 0 Å². The summed E-state index contributed by atoms with van der Waals surface area (Å²) in [5.41, 5.74) is 5.46. The van der Waals surface area contributed by atoms with Gasteiger partial charge in [0.1, 0.15) is 5.69 Å². The molecule has 1 aromatic carbocycles. The zero-order chi connectivity index (χ0) is 12.0. The van der Waals surface area contributed by atoms with E-state index in [0.717, 1.165) is 22.6 Å². The van der Waals surface area contributed by atoms with E-state index < -0.39 is 0 Å². The van der Waals surface area contributed by atoms with Crippen LogP contribution in [0.5, 0.6) is 0 Å². The molecule has 0 amide bonds. The Morgan fingerprint density at radius 2 is 1.94 bits per heavy atom. The number of fused-ring (bicyclic) bond motifs is 1. The van der Waals surface area contributed by atoms with E-state index in [9.17, 15) is 0 Å². The minimum atomic E-state index is 0.825. The molecule has 0 fully saturated rings. The predicted octanol–water partition coefficient (Wildman–Crippen LogP) is 2.58. The molecule has 2 aromatic heterocycles. The number of H-pyrrole nitrogens is 1. The smallest absolute Gasteiger partial charge is 0.158 e. The van der Waals surface area contributed by atoms with Gasteiger partial charge in [0.2, 0.25) is 0 Å². The highest BCUT2D eigenvalue weighted by molar-refractivity contribution is 5.80. The number of aromatic nitrogens is 4. The molecule has 0 bridgehead atoms. The minimum Gasteiger partial charge on any atom is -0.340 e. The third-order valence-electron chi connectivity index (χ3n) is 3.04. The highest BCUT2D eigenvalue weighted by atomic mass is 15.0. The van der Waals surface area contributed by atoms with E-state index in [1.807, 2.05) is 17.8 Å². The van der Waals surface area contributed by atoms with Crippen LogP contribution in [-0.2, 0) is 7.05 Å². The first kappa shape index (κ1) is 10.1. The number of imidazole rings is 2. The Kier molecular flexibility index (Phi) is 2.04. The van der Waals surface area contributed by atoms with Gasteiger partial charge >= 0.3 is 0 Å². The van der Waals surface area contributed by atoms with Crippen molar-refractivity contribution in [3.8, 4) is 11.5 Å². The van der Waals surface area contributed by atoms with Gasteiger partial charge in [0.15, 0.2) is 5.82 Å². The van der Waals surface area contributed by atoms with E-state index in [0.29, 0.717) is 0 Å². The largest absolute Gasteiger partial charge is 0.340 e. The maximum Gasteiger partial charge on any atom is 0.158 e. The molecule has 0 atom stereocenters. The van der Waals surface area contributed by atoms with Gasteiger partial charge in [0.25, 0.3) is 0 Å². The lowest BCUT2D eigenvalue weighted by atomic mass is 10.1. The predicted molar refractivity (Wildman–Crippen MR) is 67.8 cm³/mol. The van der Waals surface area contributed by atoms with Crippen molar-refractivity contribution in [2.24, 2.45) is 7.05 Å². The van der Waals surface area contributed by atoms with E-state index in [2.05, 4.69) is 40.9 Å². The van der Waals surface area contributed by atoms with Crippen molar-refractivity contribution >= 4 is 11.0 Å². The molecule has 4 heteroatoms. The van der Waals surface area contributed by atoms with Gasteiger partial charge in [-0.15, -0.1) is 0 Å². The van der Waals surface area contributed by atoms with Crippen LogP contribution in [0, 0.1) is 13.8 Å². The third-order valence-corrected chi connectivity index (χ3v) is 3.04. The van der Waals surface area contributed by atoms with Crippen LogP contribution < -0.4 is 0 Å². The first-order chi connectivity index (χ1) is 8.13. The molecular formula is C13H14N4. The van der Waals surface area contributed by atoms with Crippen LogP contribution in [0.3, 0.4) is 0 Å². The molecule has 0 unspecified atom stereocenters. The third kappa shape index (κ3) is 1.62. The summed E-state index contributed by atoms with van der Waals surface area (Å²) < 4.78 is 1.92. The van der Waals surface area contributed by atoms with E-state index in [1.54, 1.807) is 6.33 Å². The molecule has 86 valence electrons. The average Bonchev–Trinajstić information content (AvgIpc) is 2.85. The molecule has 3 rings (SSSR count). The molecule has 0 saturated carbocycles. The molecule has 2 heterocycles. The van der Waals surface area contributed by atoms with E-state index in [4.69, 9.17) is 0 Å². The van der Waals surface area contributed by atoms with Crippen molar-refractivity contribution in [2.45, 2.75) is 13.8 Å². The summed E-state index contributed by atoms with van der Waals surface area (Å²) in [6.45, 7) is 4.21. The van der Waals surface area contributed by atoms with Crippen LogP contribution in [0.1, 0.15) is 11.1 Å². The molecule has 0 aliphatic carbocycles. The molecule has 3 aromatic rings. The SMILES string of the molecule is Cc1cc2nc(-c3cn(C)cn3)[nH]c2cc1C. The molecule has 0 aliphatic heterocycles. The summed E-state index contributed by atoms with van der Waals surface area (Å²) in [6, 6.07) is 4.23. The summed E-state index contributed by atoms with van der Waals surface area (Å²) >= 11 is 0. The lowest BCUT2D eigenvalue weighted by molar-refractivity contribution is 0.913. The number of aromatic amines is 1. The van der Waals surface area contributed by atoms with E-state index in [1.165, 1.54) is 11.1 Å². The van der Waals surface area contributed by atoms with Gasteiger partial charge in [0, 0.05) is 13.2 Å². The Bertz CT molecular complexity index is 652. The molecular weight excluding hydrogens is 212 g/mol. The van der Waals surface area contributed by atoms with Crippen LogP contribution in [0.25, 0.3) is 22.6 Å². The summed E-state index contributed by atoms with van der Waals surface area (Å²) in [5, 5.41) is 0. The quantitative estimate of drug-likeness (QED) is 0.693. The highest BCUT2D eigenvalue weighted by Crippen LogP contribution is 2.21. The van der Waals surface area contributed by atoms with Gasteiger partial charge in [-0.2, -0.15) is 0 Å². The number of nitrogens with one attached hydrogen (secondary N) is 1. The van der Waals surface area contributed by atoms with Crippen LogP contribution in [0.15, 0.2) is 24.7 Å². The van der Waals surface area contributed by atoms with Crippen LogP contribution in [0.2, 0.25) is 0 Å².